The third kappa shape index (κ3) is 5.29. The van der Waals surface area contributed by atoms with E-state index in [0.717, 1.165) is 6.92 Å². The van der Waals surface area contributed by atoms with E-state index in [-0.39, 0.29) is 6.61 Å². The first-order chi connectivity index (χ1) is 5.69. The molecule has 0 saturated carbocycles. The lowest BCUT2D eigenvalue weighted by Gasteiger charge is -2.19. The van der Waals surface area contributed by atoms with Crippen LogP contribution in [0.5, 0.6) is 0 Å². The average Bonchev–Trinajstić information content (AvgIpc) is 1.82. The molecular formula is C6H12F3O3P. The third-order valence-electron chi connectivity index (χ3n) is 1.40. The van der Waals surface area contributed by atoms with Crippen LogP contribution in [0, 0.1) is 0 Å². The smallest absolute Gasteiger partial charge is 0.324 e. The Morgan fingerprint density at radius 2 is 2.00 bits per heavy atom. The van der Waals surface area contributed by atoms with Gasteiger partial charge in [-0.3, -0.25) is 4.57 Å². The van der Waals surface area contributed by atoms with Crippen molar-refractivity contribution in [2.75, 3.05) is 6.61 Å². The van der Waals surface area contributed by atoms with Gasteiger partial charge >= 0.3 is 13.8 Å². The van der Waals surface area contributed by atoms with Crippen molar-refractivity contribution >= 4 is 7.60 Å². The first-order valence-electron chi connectivity index (χ1n) is 3.73. The molecule has 0 radical (unpaired) electrons. The van der Waals surface area contributed by atoms with Crippen molar-refractivity contribution in [3.05, 3.63) is 0 Å². The van der Waals surface area contributed by atoms with Crippen molar-refractivity contribution in [3.8, 4) is 0 Å². The predicted molar refractivity (Wildman–Crippen MR) is 41.6 cm³/mol. The van der Waals surface area contributed by atoms with Crippen molar-refractivity contribution < 1.29 is 27.2 Å². The minimum absolute atomic E-state index is 0.0734. The van der Waals surface area contributed by atoms with Crippen molar-refractivity contribution in [1.29, 1.82) is 0 Å². The Morgan fingerprint density at radius 1 is 1.54 bits per heavy atom. The summed E-state index contributed by atoms with van der Waals surface area (Å²) >= 11 is 0. The van der Waals surface area contributed by atoms with Crippen LogP contribution in [-0.2, 0) is 9.09 Å². The van der Waals surface area contributed by atoms with Gasteiger partial charge in [0.1, 0.15) is 0 Å². The normalized spacial score (nSPS) is 19.5. The number of alkyl halides is 3. The fraction of sp³-hybridized carbons (Fsp3) is 1.00. The van der Waals surface area contributed by atoms with Gasteiger partial charge in [-0.2, -0.15) is 13.2 Å². The quantitative estimate of drug-likeness (QED) is 0.740. The molecule has 0 aliphatic carbocycles. The van der Waals surface area contributed by atoms with Gasteiger partial charge in [0.2, 0.25) is 0 Å². The number of hydrogen-bond acceptors (Lipinski definition) is 2. The monoisotopic (exact) mass is 220 g/mol. The lowest BCUT2D eigenvalue weighted by molar-refractivity contribution is -0.134. The van der Waals surface area contributed by atoms with Crippen LogP contribution in [0.25, 0.3) is 0 Å². The van der Waals surface area contributed by atoms with E-state index in [1.165, 1.54) is 6.92 Å². The summed E-state index contributed by atoms with van der Waals surface area (Å²) in [6.45, 7) is 2.42. The first-order valence-corrected chi connectivity index (χ1v) is 5.37. The Balaban J connectivity index is 4.25. The van der Waals surface area contributed by atoms with Gasteiger partial charge in [-0.25, -0.2) is 0 Å². The fourth-order valence-corrected chi connectivity index (χ4v) is 1.82. The highest BCUT2D eigenvalue weighted by molar-refractivity contribution is 7.53. The zero-order valence-corrected chi connectivity index (χ0v) is 8.23. The molecule has 80 valence electrons. The predicted octanol–water partition coefficient (Wildman–Crippen LogP) is 2.55. The van der Waals surface area contributed by atoms with E-state index in [2.05, 4.69) is 4.52 Å². The molecule has 0 rings (SSSR count). The Hall–Kier alpha value is -0.0600. The summed E-state index contributed by atoms with van der Waals surface area (Å²) in [6, 6.07) is 0. The largest absolute Gasteiger partial charge is 0.390 e. The summed E-state index contributed by atoms with van der Waals surface area (Å²) in [5.74, 6) is 0. The second-order valence-electron chi connectivity index (χ2n) is 2.65. The zero-order valence-electron chi connectivity index (χ0n) is 7.34. The van der Waals surface area contributed by atoms with Crippen LogP contribution in [0.2, 0.25) is 0 Å². The van der Waals surface area contributed by atoms with Crippen molar-refractivity contribution in [2.45, 2.75) is 32.1 Å². The molecule has 0 bridgehead atoms. The van der Waals surface area contributed by atoms with Crippen LogP contribution < -0.4 is 0 Å². The van der Waals surface area contributed by atoms with Crippen molar-refractivity contribution in [3.63, 3.8) is 0 Å². The Morgan fingerprint density at radius 3 is 2.31 bits per heavy atom. The number of hydrogen-bond donors (Lipinski definition) is 1. The summed E-state index contributed by atoms with van der Waals surface area (Å²) in [7, 11) is -4.10. The molecule has 0 aliphatic heterocycles. The summed E-state index contributed by atoms with van der Waals surface area (Å²) in [5, 5.41) is 0. The molecule has 13 heavy (non-hydrogen) atoms. The zero-order chi connectivity index (χ0) is 10.7. The highest BCUT2D eigenvalue weighted by atomic mass is 31.2. The maximum absolute atomic E-state index is 11.8. The molecule has 0 aromatic heterocycles. The van der Waals surface area contributed by atoms with Gasteiger partial charge in [0.25, 0.3) is 0 Å². The molecule has 0 heterocycles. The molecule has 0 aromatic rings. The summed E-state index contributed by atoms with van der Waals surface area (Å²) in [5.41, 5.74) is -1.41. The van der Waals surface area contributed by atoms with Gasteiger partial charge in [0.05, 0.1) is 18.7 Å². The van der Waals surface area contributed by atoms with Crippen LogP contribution in [0.3, 0.4) is 0 Å². The summed E-state index contributed by atoms with van der Waals surface area (Å²) < 4.78 is 50.7. The van der Waals surface area contributed by atoms with Crippen LogP contribution in [-0.4, -0.2) is 23.3 Å². The van der Waals surface area contributed by atoms with Gasteiger partial charge in [-0.05, 0) is 6.92 Å². The molecular weight excluding hydrogens is 208 g/mol. The molecule has 1 N–H and O–H groups in total. The standard InChI is InChI=1S/C6H12F3O3P/c1-3-12-13(10,11)5(2)4-6(7,8)9/h5H,3-4H2,1-2H3,(H,10,11). The molecule has 2 atom stereocenters. The van der Waals surface area contributed by atoms with E-state index in [4.69, 9.17) is 4.89 Å². The third-order valence-corrected chi connectivity index (χ3v) is 3.32. The van der Waals surface area contributed by atoms with E-state index >= 15 is 0 Å². The molecule has 0 spiro atoms. The van der Waals surface area contributed by atoms with Crippen molar-refractivity contribution in [1.82, 2.24) is 0 Å². The Kier molecular flexibility index (Phi) is 4.42. The van der Waals surface area contributed by atoms with Gasteiger partial charge in [0, 0.05) is 0 Å². The van der Waals surface area contributed by atoms with Gasteiger partial charge in [0.15, 0.2) is 0 Å². The van der Waals surface area contributed by atoms with Crippen LogP contribution in [0.15, 0.2) is 0 Å². The average molecular weight is 220 g/mol. The highest BCUT2D eigenvalue weighted by Crippen LogP contribution is 2.50. The van der Waals surface area contributed by atoms with Crippen LogP contribution in [0.1, 0.15) is 20.3 Å². The fourth-order valence-electron chi connectivity index (χ4n) is 0.763. The van der Waals surface area contributed by atoms with E-state index in [0.29, 0.717) is 0 Å². The maximum atomic E-state index is 11.8. The second-order valence-corrected chi connectivity index (χ2v) is 4.92. The van der Waals surface area contributed by atoms with Gasteiger partial charge < -0.3 is 9.42 Å². The molecule has 7 heteroatoms. The lowest BCUT2D eigenvalue weighted by Crippen LogP contribution is -2.18. The topological polar surface area (TPSA) is 46.5 Å². The molecule has 0 amide bonds. The number of halogens is 3. The van der Waals surface area contributed by atoms with E-state index in [1.807, 2.05) is 0 Å². The molecule has 0 aromatic carbocycles. The van der Waals surface area contributed by atoms with Gasteiger partial charge in [-0.1, -0.05) is 6.92 Å². The Labute approximate surface area is 74.4 Å². The van der Waals surface area contributed by atoms with E-state index in [9.17, 15) is 17.7 Å². The lowest BCUT2D eigenvalue weighted by atomic mass is 10.3. The molecule has 0 saturated heterocycles. The molecule has 2 unspecified atom stereocenters. The minimum Gasteiger partial charge on any atom is -0.324 e. The second kappa shape index (κ2) is 4.44. The van der Waals surface area contributed by atoms with Gasteiger partial charge in [-0.15, -0.1) is 0 Å². The molecule has 0 fully saturated rings. The van der Waals surface area contributed by atoms with E-state index < -0.39 is 25.9 Å². The summed E-state index contributed by atoms with van der Waals surface area (Å²) in [6.07, 6.45) is -5.74. The maximum Gasteiger partial charge on any atom is 0.390 e. The van der Waals surface area contributed by atoms with E-state index in [1.54, 1.807) is 0 Å². The van der Waals surface area contributed by atoms with Crippen LogP contribution in [0.4, 0.5) is 13.2 Å². The SMILES string of the molecule is CCOP(=O)(O)C(C)CC(F)(F)F. The van der Waals surface area contributed by atoms with Crippen molar-refractivity contribution in [2.24, 2.45) is 0 Å². The highest BCUT2D eigenvalue weighted by Gasteiger charge is 2.38. The molecule has 3 nitrogen and oxygen atoms in total. The summed E-state index contributed by atoms with van der Waals surface area (Å²) in [4.78, 5) is 8.98. The minimum atomic E-state index is -4.44. The van der Waals surface area contributed by atoms with Crippen LogP contribution >= 0.6 is 7.60 Å². The molecule has 0 aliphatic rings. The number of rotatable bonds is 4. The Bertz CT molecular complexity index is 204. The first kappa shape index (κ1) is 12.9.